The fourth-order valence-corrected chi connectivity index (χ4v) is 17.3. The molecule has 15 heterocycles. The van der Waals surface area contributed by atoms with Gasteiger partial charge in [-0.25, -0.2) is 8.78 Å². The number of piperazine rings is 3. The second-order valence-corrected chi connectivity index (χ2v) is 33.1. The van der Waals surface area contributed by atoms with E-state index in [1.165, 1.54) is 42.8 Å². The van der Waals surface area contributed by atoms with E-state index < -0.39 is 11.6 Å². The molecule has 0 saturated carbocycles. The maximum absolute atomic E-state index is 14.7. The molecule has 33 nitrogen and oxygen atoms in total. The summed E-state index contributed by atoms with van der Waals surface area (Å²) in [6.07, 6.45) is 16.2. The van der Waals surface area contributed by atoms with Crippen LogP contribution in [-0.2, 0) is 14.4 Å². The molecule has 41 heteroatoms. The zero-order valence-electron chi connectivity index (χ0n) is 68.0. The second-order valence-electron chi connectivity index (χ2n) is 30.8. The van der Waals surface area contributed by atoms with Crippen LogP contribution in [0.5, 0.6) is 52.9 Å². The number of rotatable bonds is 21. The van der Waals surface area contributed by atoms with Crippen LogP contribution in [0.1, 0.15) is 51.9 Å². The van der Waals surface area contributed by atoms with Gasteiger partial charge in [0.25, 0.3) is 0 Å². The van der Waals surface area contributed by atoms with Crippen LogP contribution in [0.15, 0.2) is 99.0 Å². The van der Waals surface area contributed by atoms with E-state index in [1.807, 2.05) is 17.9 Å². The van der Waals surface area contributed by atoms with E-state index in [2.05, 4.69) is 116 Å². The number of likely N-dealkylation sites (N-methyl/N-ethyl adjacent to an activating group) is 3. The Morgan fingerprint density at radius 1 is 0.435 bits per heavy atom. The number of H-pyrrole nitrogens is 3. The Kier molecular flexibility index (Phi) is 26.3. The third-order valence-corrected chi connectivity index (χ3v) is 24.6. The first-order valence-electron chi connectivity index (χ1n) is 40.4. The van der Waals surface area contributed by atoms with Crippen molar-refractivity contribution in [3.05, 3.63) is 141 Å². The molecule has 12 aromatic rings. The highest BCUT2D eigenvalue weighted by Gasteiger charge is 2.35. The highest BCUT2D eigenvalue weighted by atomic mass is 35.5. The molecule has 3 aromatic carbocycles. The largest absolute Gasteiger partial charge is 0.462 e. The lowest BCUT2D eigenvalue weighted by Crippen LogP contribution is -2.54. The summed E-state index contributed by atoms with van der Waals surface area (Å²) in [5, 5.41) is 24.2. The molecular weight excluding hydrogens is 1730 g/mol. The standard InChI is InChI=1S/2C28H29Cl2FN8O3.C27H28Cl2N8O3/c1-4-22(40)39-9-8-38(13-15(39)2)26-17-10-21(29)33-27(42-25-18-12-32-36-20(18)11-19(31)23(25)30)24(17)34-28(35-26)41-14-16-6-5-7-37(16)3;1-3-22(40)38-8-10-39(11-9-38)26-17-12-21(29)33-27(42-25-18-14-32-36-20(18)13-19(31)23(25)30)24(17)34-28(35-26)41-15-16-6-4-5-7-37(16)2;1-3-22(38)36-9-11-37(12-10-36)25-17-13-21(29)31-26(40-24-18-14-30-34-20(18)7-6-19(24)28)23(17)32-27(33-25)39-15-16-5-4-8-35(16)2/h4,10-12,15-16H,1,5-9,13-14H2,2-3H3,(H,32,36);3,12-14,16H,1,4-11,15H2,2H3,(H,32,36);3,6-7,13-14,16H,1,4-5,8-12,15H2,2H3,(H,30,34)/t15-,16-;2*16-/m010/s1. The average Bonchev–Trinajstić information content (AvgIpc) is 0.924. The van der Waals surface area contributed by atoms with E-state index >= 15 is 0 Å². The number of fused-ring (bicyclic) bond motifs is 6. The Balaban J connectivity index is 0.000000138. The lowest BCUT2D eigenvalue weighted by Gasteiger charge is -2.40. The molecule has 0 radical (unpaired) electrons. The number of ether oxygens (including phenoxy) is 6. The minimum atomic E-state index is -0.685. The Bertz CT molecular complexity index is 6080. The maximum atomic E-state index is 14.7. The molecule has 0 bridgehead atoms. The van der Waals surface area contributed by atoms with Crippen LogP contribution in [0.2, 0.25) is 30.5 Å². The second kappa shape index (κ2) is 37.7. The van der Waals surface area contributed by atoms with E-state index in [4.69, 9.17) is 123 Å². The van der Waals surface area contributed by atoms with Crippen molar-refractivity contribution in [2.75, 3.05) is 147 Å². The Hall–Kier alpha value is -11.2. The number of aromatic nitrogens is 15. The predicted octanol–water partition coefficient (Wildman–Crippen LogP) is 14.0. The molecule has 124 heavy (non-hydrogen) atoms. The molecular formula is C83H86Cl6F2N24O9. The first-order chi connectivity index (χ1) is 60.0. The first kappa shape index (κ1) is 86.4. The van der Waals surface area contributed by atoms with Crippen molar-refractivity contribution in [2.24, 2.45) is 0 Å². The lowest BCUT2D eigenvalue weighted by atomic mass is 10.0. The van der Waals surface area contributed by atoms with Crippen molar-refractivity contribution >= 4 is 170 Å². The number of amides is 3. The molecule has 4 atom stereocenters. The van der Waals surface area contributed by atoms with Gasteiger partial charge >= 0.3 is 18.0 Å². The van der Waals surface area contributed by atoms with Crippen molar-refractivity contribution in [3.63, 3.8) is 0 Å². The van der Waals surface area contributed by atoms with E-state index in [0.29, 0.717) is 180 Å². The van der Waals surface area contributed by atoms with Gasteiger partial charge in [0.2, 0.25) is 35.4 Å². The number of hydrogen-bond donors (Lipinski definition) is 3. The van der Waals surface area contributed by atoms with Crippen LogP contribution in [-0.4, -0.2) is 279 Å². The molecule has 9 aromatic heterocycles. The van der Waals surface area contributed by atoms with Crippen LogP contribution in [0, 0.1) is 11.6 Å². The fourth-order valence-electron chi connectivity index (χ4n) is 16.2. The summed E-state index contributed by atoms with van der Waals surface area (Å²) in [4.78, 5) is 96.7. The number of carbonyl (C=O) groups excluding carboxylic acids is 3. The Morgan fingerprint density at radius 2 is 0.806 bits per heavy atom. The quantitative estimate of drug-likeness (QED) is 0.0444. The van der Waals surface area contributed by atoms with Gasteiger partial charge in [-0.2, -0.15) is 60.2 Å². The minimum Gasteiger partial charge on any atom is -0.462 e. The van der Waals surface area contributed by atoms with Crippen molar-refractivity contribution in [3.8, 4) is 52.9 Å². The summed E-state index contributed by atoms with van der Waals surface area (Å²) in [6, 6.07) is 12.2. The van der Waals surface area contributed by atoms with Crippen LogP contribution < -0.4 is 43.1 Å². The number of likely N-dealkylation sites (tertiary alicyclic amines) is 3. The van der Waals surface area contributed by atoms with Gasteiger partial charge in [-0.3, -0.25) is 29.7 Å². The van der Waals surface area contributed by atoms with Gasteiger partial charge in [-0.1, -0.05) is 95.8 Å². The number of anilines is 3. The number of hydrogen-bond acceptors (Lipinski definition) is 27. The normalized spacial score (nSPS) is 18.5. The van der Waals surface area contributed by atoms with Gasteiger partial charge in [0, 0.05) is 108 Å². The third kappa shape index (κ3) is 18.5. The molecule has 3 amide bonds. The van der Waals surface area contributed by atoms with Gasteiger partial charge in [-0.15, -0.1) is 0 Å². The van der Waals surface area contributed by atoms with Gasteiger partial charge in [0.1, 0.15) is 91.0 Å². The lowest BCUT2D eigenvalue weighted by molar-refractivity contribution is -0.128. The van der Waals surface area contributed by atoms with Gasteiger partial charge in [-0.05, 0) is 135 Å². The summed E-state index contributed by atoms with van der Waals surface area (Å²) in [5.74, 6) is 0.667. The molecule has 6 aliphatic rings. The Labute approximate surface area is 739 Å². The predicted molar refractivity (Wildman–Crippen MR) is 470 cm³/mol. The van der Waals surface area contributed by atoms with Crippen LogP contribution in [0.3, 0.4) is 0 Å². The number of halogens is 8. The molecule has 0 spiro atoms. The van der Waals surface area contributed by atoms with Gasteiger partial charge in [0.05, 0.1) is 72.5 Å². The van der Waals surface area contributed by atoms with Crippen LogP contribution >= 0.6 is 69.6 Å². The first-order valence-corrected chi connectivity index (χ1v) is 42.6. The van der Waals surface area contributed by atoms with E-state index in [9.17, 15) is 23.2 Å². The molecule has 3 N–H and O–H groups in total. The summed E-state index contributed by atoms with van der Waals surface area (Å²) < 4.78 is 66.5. The minimum absolute atomic E-state index is 0.00695. The zero-order chi connectivity index (χ0) is 86.7. The number of carbonyl (C=O) groups is 3. The Morgan fingerprint density at radius 3 is 1.20 bits per heavy atom. The molecule has 0 aliphatic carbocycles. The third-order valence-electron chi connectivity index (χ3n) is 23.0. The van der Waals surface area contributed by atoms with Crippen molar-refractivity contribution < 1.29 is 51.6 Å². The molecule has 0 unspecified atom stereocenters. The topological polar surface area (TPSA) is 338 Å². The summed E-state index contributed by atoms with van der Waals surface area (Å²) >= 11 is 38.7. The van der Waals surface area contributed by atoms with Crippen LogP contribution in [0.4, 0.5) is 26.2 Å². The number of nitrogens with one attached hydrogen (secondary N) is 3. The van der Waals surface area contributed by atoms with E-state index in [0.717, 1.165) is 70.1 Å². The molecule has 6 fully saturated rings. The van der Waals surface area contributed by atoms with Gasteiger partial charge < -0.3 is 72.5 Å². The zero-order valence-corrected chi connectivity index (χ0v) is 72.5. The number of pyridine rings is 3. The summed E-state index contributed by atoms with van der Waals surface area (Å²) in [6.45, 7) is 22.7. The number of nitrogens with zero attached hydrogens (tertiary/aromatic N) is 21. The van der Waals surface area contributed by atoms with Crippen molar-refractivity contribution in [1.29, 1.82) is 0 Å². The monoisotopic (exact) mass is 1810 g/mol. The summed E-state index contributed by atoms with van der Waals surface area (Å²) in [7, 11) is 6.24. The number of aromatic amines is 3. The fraction of sp³-hybridized carbons (Fsp3) is 0.386. The van der Waals surface area contributed by atoms with Gasteiger partial charge in [0.15, 0.2) is 17.2 Å². The molecule has 18 rings (SSSR count). The van der Waals surface area contributed by atoms with Crippen molar-refractivity contribution in [1.82, 2.24) is 105 Å². The molecule has 6 aliphatic heterocycles. The van der Waals surface area contributed by atoms with Crippen LogP contribution in [0.25, 0.3) is 65.4 Å². The number of benzene rings is 3. The molecule has 6 saturated heterocycles. The molecule has 648 valence electrons. The van der Waals surface area contributed by atoms with Crippen molar-refractivity contribution in [2.45, 2.75) is 76.0 Å². The smallest absolute Gasteiger partial charge is 0.319 e. The van der Waals surface area contributed by atoms with E-state index in [1.54, 1.807) is 45.2 Å². The SMILES string of the molecule is C=CC(=O)N1CCN(c2nc(OC[C@@H]3CCCN3C)nc3c(Oc4c(Cl)c(F)cc5[nH]ncc45)nc(Cl)cc23)C[C@@H]1C.C=CC(=O)N1CCN(c2nc(OC[C@@H]3CCCN3C)nc3c(Oc4c(Cl)ccc5[nH]ncc45)nc(Cl)cc23)CC1.C=CC(=O)N1CCN(c2nc(OC[C@H]3CCCCN3C)nc3c(Oc4c(Cl)c(F)cc5[nH]ncc45)nc(Cl)cc23)CC1. The highest BCUT2D eigenvalue weighted by Crippen LogP contribution is 2.46. The maximum Gasteiger partial charge on any atom is 0.319 e. The number of piperidine rings is 1. The average molecular weight is 1810 g/mol. The summed E-state index contributed by atoms with van der Waals surface area (Å²) in [5.41, 5.74) is 2.63. The highest BCUT2D eigenvalue weighted by molar-refractivity contribution is 6.35. The van der Waals surface area contributed by atoms with E-state index in [-0.39, 0.29) is 115 Å².